The molecule has 0 amide bonds. The van der Waals surface area contributed by atoms with Crippen molar-refractivity contribution < 1.29 is 19.1 Å². The van der Waals surface area contributed by atoms with Gasteiger partial charge in [0.1, 0.15) is 23.7 Å². The monoisotopic (exact) mass is 387 g/mol. The Labute approximate surface area is 160 Å². The molecule has 2 aromatic rings. The zero-order valence-corrected chi connectivity index (χ0v) is 15.4. The van der Waals surface area contributed by atoms with E-state index in [0.29, 0.717) is 12.8 Å². The van der Waals surface area contributed by atoms with Crippen molar-refractivity contribution in [2.24, 2.45) is 5.92 Å². The van der Waals surface area contributed by atoms with Crippen LogP contribution in [0.15, 0.2) is 33.9 Å². The number of hydrogen-bond acceptors (Lipinski definition) is 7. The number of nitrogens with one attached hydrogen (secondary N) is 1. The standard InChI is InChI=1S/C19H21N3O6/c1-2-7-22-16(20)15(17(24)21-19(22)26)13(23)10-28-18(25)12-8-11-5-3-4-6-14(11)27-9-12/h3-6,12H,2,7-10,20H2,1H3,(H,21,24,26)/t12-/m1/s1. The molecule has 3 N–H and O–H groups in total. The number of carbonyl (C=O) groups excluding carboxylic acids is 2. The number of nitrogens with zero attached hydrogens (tertiary/aromatic N) is 1. The number of ether oxygens (including phenoxy) is 2. The fourth-order valence-electron chi connectivity index (χ4n) is 3.11. The van der Waals surface area contributed by atoms with Crippen molar-refractivity contribution in [1.82, 2.24) is 9.55 Å². The van der Waals surface area contributed by atoms with Crippen LogP contribution in [0.1, 0.15) is 29.3 Å². The van der Waals surface area contributed by atoms with Crippen molar-refractivity contribution in [2.45, 2.75) is 26.3 Å². The van der Waals surface area contributed by atoms with Gasteiger partial charge in [-0.2, -0.15) is 0 Å². The number of hydrogen-bond donors (Lipinski definition) is 2. The number of anilines is 1. The topological polar surface area (TPSA) is 133 Å². The summed E-state index contributed by atoms with van der Waals surface area (Å²) in [5, 5.41) is 0. The molecule has 0 spiro atoms. The predicted molar refractivity (Wildman–Crippen MR) is 100 cm³/mol. The van der Waals surface area contributed by atoms with Gasteiger partial charge in [0.05, 0.1) is 5.92 Å². The molecule has 1 aromatic heterocycles. The van der Waals surface area contributed by atoms with Gasteiger partial charge in [0, 0.05) is 6.54 Å². The number of nitrogen functional groups attached to an aromatic ring is 1. The lowest BCUT2D eigenvalue weighted by atomic mass is 9.97. The molecule has 0 saturated heterocycles. The van der Waals surface area contributed by atoms with Gasteiger partial charge in [0.25, 0.3) is 5.56 Å². The van der Waals surface area contributed by atoms with E-state index in [1.807, 2.05) is 31.2 Å². The highest BCUT2D eigenvalue weighted by Crippen LogP contribution is 2.27. The summed E-state index contributed by atoms with van der Waals surface area (Å²) < 4.78 is 11.7. The predicted octanol–water partition coefficient (Wildman–Crippen LogP) is 0.506. The number of rotatable bonds is 6. The molecule has 3 rings (SSSR count). The smallest absolute Gasteiger partial charge is 0.329 e. The highest BCUT2D eigenvalue weighted by Gasteiger charge is 2.28. The number of benzene rings is 1. The summed E-state index contributed by atoms with van der Waals surface area (Å²) in [7, 11) is 0. The van der Waals surface area contributed by atoms with Gasteiger partial charge in [0.15, 0.2) is 6.61 Å². The van der Waals surface area contributed by atoms with Crippen LogP contribution in [0.2, 0.25) is 0 Å². The minimum absolute atomic E-state index is 0.147. The van der Waals surface area contributed by atoms with Crippen LogP contribution in [0.3, 0.4) is 0 Å². The number of fused-ring (bicyclic) bond motifs is 1. The Morgan fingerprint density at radius 3 is 2.82 bits per heavy atom. The number of H-pyrrole nitrogens is 1. The number of esters is 1. The zero-order valence-electron chi connectivity index (χ0n) is 15.4. The van der Waals surface area contributed by atoms with Crippen molar-refractivity contribution >= 4 is 17.6 Å². The Bertz CT molecular complexity index is 1020. The number of carbonyl (C=O) groups is 2. The molecule has 28 heavy (non-hydrogen) atoms. The summed E-state index contributed by atoms with van der Waals surface area (Å²) in [5.74, 6) is -1.42. The van der Waals surface area contributed by atoms with E-state index in [1.54, 1.807) is 0 Å². The average Bonchev–Trinajstić information content (AvgIpc) is 2.68. The Morgan fingerprint density at radius 1 is 1.32 bits per heavy atom. The molecule has 0 fully saturated rings. The van der Waals surface area contributed by atoms with Gasteiger partial charge >= 0.3 is 11.7 Å². The van der Waals surface area contributed by atoms with E-state index in [4.69, 9.17) is 15.2 Å². The molecule has 0 aliphatic carbocycles. The third-order valence-electron chi connectivity index (χ3n) is 4.52. The molecule has 148 valence electrons. The number of Topliss-reactive ketones (excluding diaryl/α,β-unsaturated/α-hetero) is 1. The van der Waals surface area contributed by atoms with E-state index in [0.717, 1.165) is 15.9 Å². The van der Waals surface area contributed by atoms with Gasteiger partial charge in [-0.05, 0) is 24.5 Å². The van der Waals surface area contributed by atoms with E-state index in [9.17, 15) is 19.2 Å². The second kappa shape index (κ2) is 8.12. The molecule has 1 aliphatic heterocycles. The lowest BCUT2D eigenvalue weighted by Crippen LogP contribution is -2.37. The highest BCUT2D eigenvalue weighted by molar-refractivity contribution is 6.01. The van der Waals surface area contributed by atoms with Crippen LogP contribution < -0.4 is 21.7 Å². The van der Waals surface area contributed by atoms with Crippen LogP contribution in [-0.2, 0) is 22.5 Å². The molecule has 0 bridgehead atoms. The number of aromatic nitrogens is 2. The molecule has 0 unspecified atom stereocenters. The first kappa shape index (κ1) is 19.4. The highest BCUT2D eigenvalue weighted by atomic mass is 16.5. The van der Waals surface area contributed by atoms with E-state index < -0.39 is 35.5 Å². The average molecular weight is 387 g/mol. The van der Waals surface area contributed by atoms with Crippen molar-refractivity contribution in [3.8, 4) is 5.75 Å². The van der Waals surface area contributed by atoms with Crippen molar-refractivity contribution in [3.63, 3.8) is 0 Å². The van der Waals surface area contributed by atoms with Gasteiger partial charge in [-0.1, -0.05) is 25.1 Å². The fourth-order valence-corrected chi connectivity index (χ4v) is 3.11. The summed E-state index contributed by atoms with van der Waals surface area (Å²) in [6.45, 7) is 1.58. The van der Waals surface area contributed by atoms with E-state index in [2.05, 4.69) is 4.98 Å². The lowest BCUT2D eigenvalue weighted by molar-refractivity contribution is -0.148. The summed E-state index contributed by atoms with van der Waals surface area (Å²) in [6.07, 6.45) is 1.02. The molecular formula is C19H21N3O6. The lowest BCUT2D eigenvalue weighted by Gasteiger charge is -2.23. The van der Waals surface area contributed by atoms with Gasteiger partial charge in [-0.3, -0.25) is 23.9 Å². The van der Waals surface area contributed by atoms with Gasteiger partial charge in [0.2, 0.25) is 5.78 Å². The number of aromatic amines is 1. The maximum absolute atomic E-state index is 12.4. The SMILES string of the molecule is CCCn1c(N)c(C(=O)COC(=O)[C@H]2COc3ccccc3C2)c(=O)[nH]c1=O. The minimum atomic E-state index is -0.897. The number of ketones is 1. The Morgan fingerprint density at radius 2 is 2.07 bits per heavy atom. The maximum Gasteiger partial charge on any atom is 0.329 e. The summed E-state index contributed by atoms with van der Waals surface area (Å²) in [6, 6.07) is 7.37. The van der Waals surface area contributed by atoms with Gasteiger partial charge in [-0.25, -0.2) is 4.79 Å². The van der Waals surface area contributed by atoms with Gasteiger partial charge in [-0.15, -0.1) is 0 Å². The van der Waals surface area contributed by atoms with Crippen LogP contribution in [0.5, 0.6) is 5.75 Å². The third kappa shape index (κ3) is 3.83. The molecule has 0 saturated carbocycles. The molecule has 2 heterocycles. The largest absolute Gasteiger partial charge is 0.492 e. The quantitative estimate of drug-likeness (QED) is 0.545. The van der Waals surface area contributed by atoms with Crippen molar-refractivity contribution in [3.05, 3.63) is 56.2 Å². The Kier molecular flexibility index (Phi) is 5.62. The summed E-state index contributed by atoms with van der Waals surface area (Å²) in [5.41, 5.74) is 4.75. The first-order valence-corrected chi connectivity index (χ1v) is 8.95. The van der Waals surface area contributed by atoms with E-state index in [-0.39, 0.29) is 24.5 Å². The Balaban J connectivity index is 1.69. The van der Waals surface area contributed by atoms with E-state index >= 15 is 0 Å². The molecule has 1 atom stereocenters. The van der Waals surface area contributed by atoms with Crippen LogP contribution in [0, 0.1) is 5.92 Å². The zero-order chi connectivity index (χ0) is 20.3. The first-order valence-electron chi connectivity index (χ1n) is 8.95. The molecule has 1 aromatic carbocycles. The number of nitrogens with two attached hydrogens (primary N) is 1. The van der Waals surface area contributed by atoms with Crippen LogP contribution in [-0.4, -0.2) is 34.5 Å². The van der Waals surface area contributed by atoms with Crippen molar-refractivity contribution in [2.75, 3.05) is 18.9 Å². The molecule has 9 heteroatoms. The van der Waals surface area contributed by atoms with Crippen molar-refractivity contribution in [1.29, 1.82) is 0 Å². The third-order valence-corrected chi connectivity index (χ3v) is 4.52. The van der Waals surface area contributed by atoms with Crippen LogP contribution in [0.4, 0.5) is 5.82 Å². The second-order valence-electron chi connectivity index (χ2n) is 6.52. The molecule has 0 radical (unpaired) electrons. The fraction of sp³-hybridized carbons (Fsp3) is 0.368. The maximum atomic E-state index is 12.4. The van der Waals surface area contributed by atoms with Crippen LogP contribution >= 0.6 is 0 Å². The van der Waals surface area contributed by atoms with Gasteiger partial charge < -0.3 is 15.2 Å². The second-order valence-corrected chi connectivity index (χ2v) is 6.52. The Hall–Kier alpha value is -3.36. The summed E-state index contributed by atoms with van der Waals surface area (Å²) >= 11 is 0. The summed E-state index contributed by atoms with van der Waals surface area (Å²) in [4.78, 5) is 50.6. The molecule has 1 aliphatic rings. The van der Waals surface area contributed by atoms with E-state index in [1.165, 1.54) is 0 Å². The first-order chi connectivity index (χ1) is 13.4. The molecule has 9 nitrogen and oxygen atoms in total. The minimum Gasteiger partial charge on any atom is -0.492 e. The normalized spacial score (nSPS) is 15.4. The molecular weight excluding hydrogens is 366 g/mol. The number of para-hydroxylation sites is 1. The van der Waals surface area contributed by atoms with Crippen LogP contribution in [0.25, 0.3) is 0 Å².